The average Bonchev–Trinajstić information content (AvgIpc) is 3.10. The molecule has 33 heavy (non-hydrogen) atoms. The first-order valence-electron chi connectivity index (χ1n) is 11.0. The van der Waals surface area contributed by atoms with Crippen LogP contribution in [0, 0.1) is 0 Å². The van der Waals surface area contributed by atoms with Crippen LogP contribution in [0.1, 0.15) is 31.9 Å². The molecule has 3 rings (SSSR count). The van der Waals surface area contributed by atoms with Crippen molar-refractivity contribution in [2.75, 3.05) is 26.9 Å². The molecule has 1 saturated heterocycles. The Bertz CT molecular complexity index is 1060. The van der Waals surface area contributed by atoms with Crippen molar-refractivity contribution in [1.29, 1.82) is 0 Å². The van der Waals surface area contributed by atoms with Crippen LogP contribution in [0.3, 0.4) is 0 Å². The predicted molar refractivity (Wildman–Crippen MR) is 136 cm³/mol. The van der Waals surface area contributed by atoms with E-state index in [9.17, 15) is 4.79 Å². The smallest absolute Gasteiger partial charge is 0.266 e. The number of amides is 1. The molecule has 1 aliphatic heterocycles. The van der Waals surface area contributed by atoms with Crippen LogP contribution in [0.15, 0.2) is 59.0 Å². The molecule has 1 aliphatic rings. The van der Waals surface area contributed by atoms with Gasteiger partial charge in [-0.3, -0.25) is 9.69 Å². The van der Waals surface area contributed by atoms with Gasteiger partial charge in [0.15, 0.2) is 16.7 Å². The summed E-state index contributed by atoms with van der Waals surface area (Å²) in [7, 11) is 1.63. The molecular formula is C26H30N2O4S. The minimum atomic E-state index is -0.0631. The lowest BCUT2D eigenvalue weighted by Crippen LogP contribution is -2.28. The first-order valence-corrected chi connectivity index (χ1v) is 11.8. The number of rotatable bonds is 10. The molecule has 0 spiro atoms. The van der Waals surface area contributed by atoms with E-state index >= 15 is 0 Å². The van der Waals surface area contributed by atoms with Gasteiger partial charge in [-0.1, -0.05) is 6.08 Å². The molecule has 174 valence electrons. The molecule has 1 amide bonds. The van der Waals surface area contributed by atoms with E-state index in [1.807, 2.05) is 69.3 Å². The lowest BCUT2D eigenvalue weighted by atomic mass is 10.0. The Morgan fingerprint density at radius 2 is 1.82 bits per heavy atom. The van der Waals surface area contributed by atoms with Crippen LogP contribution in [0.5, 0.6) is 17.2 Å². The molecule has 0 bridgehead atoms. The van der Waals surface area contributed by atoms with Crippen LogP contribution in [0.25, 0.3) is 6.08 Å². The number of thioether (sulfide) groups is 1. The molecule has 0 aromatic heterocycles. The van der Waals surface area contributed by atoms with E-state index in [-0.39, 0.29) is 5.91 Å². The predicted octanol–water partition coefficient (Wildman–Crippen LogP) is 5.85. The summed E-state index contributed by atoms with van der Waals surface area (Å²) in [5, 5.41) is 0.654. The number of carbonyl (C=O) groups is 1. The maximum Gasteiger partial charge on any atom is 0.266 e. The van der Waals surface area contributed by atoms with Crippen molar-refractivity contribution in [1.82, 2.24) is 4.90 Å². The topological polar surface area (TPSA) is 60.4 Å². The van der Waals surface area contributed by atoms with Crippen molar-refractivity contribution in [2.45, 2.75) is 27.2 Å². The van der Waals surface area contributed by atoms with Crippen molar-refractivity contribution in [3.05, 3.63) is 65.1 Å². The minimum absolute atomic E-state index is 0.0631. The second kappa shape index (κ2) is 11.6. The SMILES string of the molecule is C=CCc1cc(/C=C2/SC(=Nc3ccc(OC)cc3)N(CC)C2=O)cc(OCC)c1OCC. The number of nitrogens with zero attached hydrogens (tertiary/aromatic N) is 2. The summed E-state index contributed by atoms with van der Waals surface area (Å²) in [5.74, 6) is 2.09. The molecule has 1 heterocycles. The number of allylic oxidation sites excluding steroid dienone is 1. The molecule has 0 atom stereocenters. The third-order valence-electron chi connectivity index (χ3n) is 4.91. The summed E-state index contributed by atoms with van der Waals surface area (Å²) in [4.78, 5) is 20.1. The summed E-state index contributed by atoms with van der Waals surface area (Å²) < 4.78 is 16.9. The second-order valence-corrected chi connectivity index (χ2v) is 8.13. The Hall–Kier alpha value is -3.19. The molecule has 2 aromatic rings. The van der Waals surface area contributed by atoms with Gasteiger partial charge in [-0.2, -0.15) is 0 Å². The zero-order chi connectivity index (χ0) is 23.8. The quantitative estimate of drug-likeness (QED) is 0.325. The van der Waals surface area contributed by atoms with Gasteiger partial charge < -0.3 is 14.2 Å². The van der Waals surface area contributed by atoms with Gasteiger partial charge >= 0.3 is 0 Å². The first kappa shape index (κ1) is 24.5. The van der Waals surface area contributed by atoms with Crippen molar-refractivity contribution < 1.29 is 19.0 Å². The number of benzene rings is 2. The zero-order valence-corrected chi connectivity index (χ0v) is 20.4. The number of likely N-dealkylation sites (N-methyl/N-ethyl adjacent to an activating group) is 1. The Labute approximate surface area is 199 Å². The highest BCUT2D eigenvalue weighted by atomic mass is 32.2. The van der Waals surface area contributed by atoms with Gasteiger partial charge in [-0.15, -0.1) is 6.58 Å². The van der Waals surface area contributed by atoms with E-state index in [1.165, 1.54) is 11.8 Å². The molecular weight excluding hydrogens is 436 g/mol. The number of carbonyl (C=O) groups excluding carboxylic acids is 1. The molecule has 7 heteroatoms. The van der Waals surface area contributed by atoms with Crippen molar-refractivity contribution in [3.8, 4) is 17.2 Å². The molecule has 6 nitrogen and oxygen atoms in total. The van der Waals surface area contributed by atoms with Gasteiger partial charge in [-0.25, -0.2) is 4.99 Å². The number of aliphatic imine (C=N–C) groups is 1. The third kappa shape index (κ3) is 5.79. The normalized spacial score (nSPS) is 15.9. The van der Waals surface area contributed by atoms with Crippen LogP contribution in [0.2, 0.25) is 0 Å². The van der Waals surface area contributed by atoms with E-state index < -0.39 is 0 Å². The standard InChI is InChI=1S/C26H30N2O4S/c1-6-10-19-15-18(16-22(31-8-3)24(19)32-9-4)17-23-25(29)28(7-2)26(33-23)27-20-11-13-21(30-5)14-12-20/h6,11-17H,1,7-10H2,2-5H3/b23-17+,27-26?. The summed E-state index contributed by atoms with van der Waals surface area (Å²) in [5.41, 5.74) is 2.61. The Kier molecular flexibility index (Phi) is 8.60. The van der Waals surface area contributed by atoms with Crippen LogP contribution in [-0.2, 0) is 11.2 Å². The zero-order valence-electron chi connectivity index (χ0n) is 19.6. The molecule has 0 unspecified atom stereocenters. The lowest BCUT2D eigenvalue weighted by molar-refractivity contribution is -0.122. The monoisotopic (exact) mass is 466 g/mol. The Morgan fingerprint density at radius 1 is 1.09 bits per heavy atom. The maximum absolute atomic E-state index is 13.1. The van der Waals surface area contributed by atoms with E-state index in [0.717, 1.165) is 28.3 Å². The fourth-order valence-corrected chi connectivity index (χ4v) is 4.50. The molecule has 0 radical (unpaired) electrons. The number of amidine groups is 1. The summed E-state index contributed by atoms with van der Waals surface area (Å²) in [6, 6.07) is 11.4. The van der Waals surface area contributed by atoms with Crippen molar-refractivity contribution in [2.24, 2.45) is 4.99 Å². The van der Waals surface area contributed by atoms with Crippen LogP contribution in [0.4, 0.5) is 5.69 Å². The van der Waals surface area contributed by atoms with Gasteiger partial charge in [-0.05, 0) is 87.0 Å². The average molecular weight is 467 g/mol. The van der Waals surface area contributed by atoms with Gasteiger partial charge in [0, 0.05) is 12.1 Å². The van der Waals surface area contributed by atoms with Crippen LogP contribution >= 0.6 is 11.8 Å². The van der Waals surface area contributed by atoms with Crippen LogP contribution < -0.4 is 14.2 Å². The third-order valence-corrected chi connectivity index (χ3v) is 5.91. The number of hydrogen-bond donors (Lipinski definition) is 0. The van der Waals surface area contributed by atoms with Crippen LogP contribution in [-0.4, -0.2) is 42.8 Å². The highest BCUT2D eigenvalue weighted by Crippen LogP contribution is 2.38. The van der Waals surface area contributed by atoms with E-state index in [4.69, 9.17) is 19.2 Å². The molecule has 2 aromatic carbocycles. The van der Waals surface area contributed by atoms with Gasteiger partial charge in [0.05, 0.1) is 30.9 Å². The number of hydrogen-bond acceptors (Lipinski definition) is 6. The summed E-state index contributed by atoms with van der Waals surface area (Å²) in [6.45, 7) is 11.3. The Balaban J connectivity index is 1.98. The molecule has 1 fully saturated rings. The summed E-state index contributed by atoms with van der Waals surface area (Å²) in [6.07, 6.45) is 4.36. The van der Waals surface area contributed by atoms with Crippen molar-refractivity contribution >= 4 is 34.6 Å². The van der Waals surface area contributed by atoms with Gasteiger partial charge in [0.2, 0.25) is 0 Å². The highest BCUT2D eigenvalue weighted by molar-refractivity contribution is 8.18. The van der Waals surface area contributed by atoms with E-state index in [2.05, 4.69) is 6.58 Å². The molecule has 0 saturated carbocycles. The number of ether oxygens (including phenoxy) is 3. The van der Waals surface area contributed by atoms with Gasteiger partial charge in [0.1, 0.15) is 5.75 Å². The van der Waals surface area contributed by atoms with E-state index in [0.29, 0.717) is 42.0 Å². The first-order chi connectivity index (χ1) is 16.0. The largest absolute Gasteiger partial charge is 0.497 e. The summed E-state index contributed by atoms with van der Waals surface area (Å²) >= 11 is 1.37. The molecule has 0 aliphatic carbocycles. The van der Waals surface area contributed by atoms with Gasteiger partial charge in [0.25, 0.3) is 5.91 Å². The number of methoxy groups -OCH3 is 1. The van der Waals surface area contributed by atoms with Crippen molar-refractivity contribution in [3.63, 3.8) is 0 Å². The highest BCUT2D eigenvalue weighted by Gasteiger charge is 2.32. The fraction of sp³-hybridized carbons (Fsp3) is 0.308. The molecule has 0 N–H and O–H groups in total. The second-order valence-electron chi connectivity index (χ2n) is 7.12. The Morgan fingerprint density at radius 3 is 2.42 bits per heavy atom. The maximum atomic E-state index is 13.1. The van der Waals surface area contributed by atoms with E-state index in [1.54, 1.807) is 12.0 Å². The minimum Gasteiger partial charge on any atom is -0.497 e. The fourth-order valence-electron chi connectivity index (χ4n) is 3.43. The lowest BCUT2D eigenvalue weighted by Gasteiger charge is -2.16.